The number of aromatic nitrogens is 1. The molecule has 1 heterocycles. The molecule has 2 rings (SSSR count). The molecule has 0 bridgehead atoms. The Kier molecular flexibility index (Phi) is 5.13. The molecule has 0 aliphatic heterocycles. The molecule has 0 radical (unpaired) electrons. The van der Waals surface area contributed by atoms with Crippen LogP contribution in [-0.2, 0) is 0 Å². The van der Waals surface area contributed by atoms with Crippen molar-refractivity contribution in [2.24, 2.45) is 0 Å². The molecule has 0 spiro atoms. The third kappa shape index (κ3) is 3.55. The summed E-state index contributed by atoms with van der Waals surface area (Å²) in [5.41, 5.74) is 1.21. The van der Waals surface area contributed by atoms with Crippen LogP contribution in [0, 0.1) is 5.82 Å². The molecule has 1 unspecified atom stereocenters. The number of rotatable bonds is 3. The molecule has 1 N–H and O–H groups in total. The van der Waals surface area contributed by atoms with Gasteiger partial charge in [0.05, 0.1) is 16.8 Å². The van der Waals surface area contributed by atoms with E-state index in [-0.39, 0.29) is 11.1 Å². The summed E-state index contributed by atoms with van der Waals surface area (Å²) in [6.07, 6.45) is 1.59. The lowest BCUT2D eigenvalue weighted by molar-refractivity contribution is 0.624. The minimum absolute atomic E-state index is 0.00638. The standard InChI is InChI=1S/C13H9BrCl3FN2/c1-6(8-3-11(18)10(16)4-9(8)15)20-12-2-7(14)5-19-13(12)17/h2-6,20H,1H3. The van der Waals surface area contributed by atoms with Crippen LogP contribution in [-0.4, -0.2) is 4.98 Å². The van der Waals surface area contributed by atoms with Crippen LogP contribution in [0.4, 0.5) is 10.1 Å². The fourth-order valence-electron chi connectivity index (χ4n) is 1.70. The number of benzene rings is 1. The van der Waals surface area contributed by atoms with E-state index >= 15 is 0 Å². The monoisotopic (exact) mass is 396 g/mol. The van der Waals surface area contributed by atoms with Gasteiger partial charge in [-0.3, -0.25) is 0 Å². The molecule has 7 heteroatoms. The molecule has 106 valence electrons. The van der Waals surface area contributed by atoms with Gasteiger partial charge in [-0.2, -0.15) is 0 Å². The third-order valence-corrected chi connectivity index (χ3v) is 4.04. The molecule has 1 aromatic heterocycles. The van der Waals surface area contributed by atoms with Gasteiger partial charge in [-0.25, -0.2) is 9.37 Å². The van der Waals surface area contributed by atoms with Crippen LogP contribution < -0.4 is 5.32 Å². The quantitative estimate of drug-likeness (QED) is 0.498. The van der Waals surface area contributed by atoms with Crippen molar-refractivity contribution >= 4 is 56.4 Å². The molecule has 0 saturated heterocycles. The summed E-state index contributed by atoms with van der Waals surface area (Å²) in [6.45, 7) is 1.84. The largest absolute Gasteiger partial charge is 0.376 e. The summed E-state index contributed by atoms with van der Waals surface area (Å²) >= 11 is 21.1. The summed E-state index contributed by atoms with van der Waals surface area (Å²) in [4.78, 5) is 4.01. The highest BCUT2D eigenvalue weighted by Gasteiger charge is 2.15. The van der Waals surface area contributed by atoms with E-state index in [1.165, 1.54) is 12.1 Å². The lowest BCUT2D eigenvalue weighted by Crippen LogP contribution is -2.08. The summed E-state index contributed by atoms with van der Waals surface area (Å²) in [7, 11) is 0. The normalized spacial score (nSPS) is 12.3. The molecule has 0 aliphatic rings. The smallest absolute Gasteiger partial charge is 0.152 e. The Hall–Kier alpha value is -0.550. The van der Waals surface area contributed by atoms with Crippen molar-refractivity contribution in [1.29, 1.82) is 0 Å². The molecule has 0 fully saturated rings. The fourth-order valence-corrected chi connectivity index (χ4v) is 2.74. The number of nitrogens with zero attached hydrogens (tertiary/aromatic N) is 1. The van der Waals surface area contributed by atoms with Crippen molar-refractivity contribution in [3.8, 4) is 0 Å². The highest BCUT2D eigenvalue weighted by molar-refractivity contribution is 9.10. The maximum atomic E-state index is 13.5. The average Bonchev–Trinajstić information content (AvgIpc) is 2.38. The molecule has 1 atom stereocenters. The molecule has 0 aliphatic carbocycles. The lowest BCUT2D eigenvalue weighted by Gasteiger charge is -2.18. The number of nitrogens with one attached hydrogen (secondary N) is 1. The van der Waals surface area contributed by atoms with E-state index in [4.69, 9.17) is 34.8 Å². The second kappa shape index (κ2) is 6.48. The Morgan fingerprint density at radius 3 is 2.60 bits per heavy atom. The average molecular weight is 398 g/mol. The van der Waals surface area contributed by atoms with Crippen molar-refractivity contribution in [3.63, 3.8) is 0 Å². The molecular weight excluding hydrogens is 389 g/mol. The van der Waals surface area contributed by atoms with Gasteiger partial charge in [0.1, 0.15) is 5.82 Å². The molecule has 2 aromatic rings. The van der Waals surface area contributed by atoms with Crippen LogP contribution in [0.1, 0.15) is 18.5 Å². The van der Waals surface area contributed by atoms with Crippen molar-refractivity contribution in [2.75, 3.05) is 5.32 Å². The summed E-state index contributed by atoms with van der Waals surface area (Å²) in [5, 5.41) is 3.84. The van der Waals surface area contributed by atoms with Crippen LogP contribution in [0.25, 0.3) is 0 Å². The minimum Gasteiger partial charge on any atom is -0.376 e. The van der Waals surface area contributed by atoms with Crippen molar-refractivity contribution in [1.82, 2.24) is 4.98 Å². The Bertz CT molecular complexity index is 652. The fraction of sp³-hybridized carbons (Fsp3) is 0.154. The van der Waals surface area contributed by atoms with Crippen molar-refractivity contribution in [2.45, 2.75) is 13.0 Å². The van der Waals surface area contributed by atoms with Crippen LogP contribution in [0.5, 0.6) is 0 Å². The van der Waals surface area contributed by atoms with Gasteiger partial charge in [-0.05, 0) is 46.6 Å². The first kappa shape index (κ1) is 15.8. The van der Waals surface area contributed by atoms with E-state index < -0.39 is 5.82 Å². The predicted molar refractivity (Wildman–Crippen MR) is 85.4 cm³/mol. The van der Waals surface area contributed by atoms with E-state index in [0.717, 1.165) is 4.47 Å². The maximum absolute atomic E-state index is 13.5. The summed E-state index contributed by atoms with van der Waals surface area (Å²) in [6, 6.07) is 4.21. The van der Waals surface area contributed by atoms with E-state index in [1.807, 2.05) is 6.92 Å². The molecule has 0 saturated carbocycles. The van der Waals surface area contributed by atoms with E-state index in [9.17, 15) is 4.39 Å². The van der Waals surface area contributed by atoms with Gasteiger partial charge in [0.2, 0.25) is 0 Å². The number of hydrogen-bond acceptors (Lipinski definition) is 2. The number of hydrogen-bond donors (Lipinski definition) is 1. The van der Waals surface area contributed by atoms with Crippen LogP contribution >= 0.6 is 50.7 Å². The number of anilines is 1. The summed E-state index contributed by atoms with van der Waals surface area (Å²) < 4.78 is 14.3. The molecule has 0 amide bonds. The van der Waals surface area contributed by atoms with Gasteiger partial charge in [-0.15, -0.1) is 0 Å². The van der Waals surface area contributed by atoms with Crippen LogP contribution in [0.2, 0.25) is 15.2 Å². The third-order valence-electron chi connectivity index (χ3n) is 2.68. The first-order chi connectivity index (χ1) is 9.38. The molecular formula is C13H9BrCl3FN2. The summed E-state index contributed by atoms with van der Waals surface area (Å²) in [5.74, 6) is -0.516. The SMILES string of the molecule is CC(Nc1cc(Br)cnc1Cl)c1cc(F)c(Cl)cc1Cl. The zero-order chi connectivity index (χ0) is 14.9. The van der Waals surface area contributed by atoms with Gasteiger partial charge in [0.25, 0.3) is 0 Å². The Morgan fingerprint density at radius 1 is 1.20 bits per heavy atom. The second-order valence-corrected chi connectivity index (χ2v) is 6.23. The van der Waals surface area contributed by atoms with Crippen molar-refractivity contribution in [3.05, 3.63) is 55.4 Å². The van der Waals surface area contributed by atoms with Crippen LogP contribution in [0.15, 0.2) is 28.9 Å². The van der Waals surface area contributed by atoms with Crippen molar-refractivity contribution < 1.29 is 4.39 Å². The zero-order valence-corrected chi connectivity index (χ0v) is 14.1. The first-order valence-corrected chi connectivity index (χ1v) is 7.53. The topological polar surface area (TPSA) is 24.9 Å². The Morgan fingerprint density at radius 2 is 1.90 bits per heavy atom. The Balaban J connectivity index is 2.30. The van der Waals surface area contributed by atoms with E-state index in [1.54, 1.807) is 12.3 Å². The lowest BCUT2D eigenvalue weighted by atomic mass is 10.1. The van der Waals surface area contributed by atoms with Gasteiger partial charge in [-0.1, -0.05) is 34.8 Å². The van der Waals surface area contributed by atoms with Crippen LogP contribution in [0.3, 0.4) is 0 Å². The van der Waals surface area contributed by atoms with Gasteiger partial charge >= 0.3 is 0 Å². The minimum atomic E-state index is -0.516. The van der Waals surface area contributed by atoms with E-state index in [2.05, 4.69) is 26.2 Å². The molecule has 1 aromatic carbocycles. The predicted octanol–water partition coefficient (Wildman–Crippen LogP) is 6.12. The van der Waals surface area contributed by atoms with Gasteiger partial charge in [0, 0.05) is 15.7 Å². The maximum Gasteiger partial charge on any atom is 0.152 e. The first-order valence-electron chi connectivity index (χ1n) is 5.60. The highest BCUT2D eigenvalue weighted by Crippen LogP contribution is 2.32. The number of halogens is 5. The second-order valence-electron chi connectivity index (χ2n) is 4.15. The van der Waals surface area contributed by atoms with Gasteiger partial charge in [0.15, 0.2) is 5.15 Å². The number of pyridine rings is 1. The highest BCUT2D eigenvalue weighted by atomic mass is 79.9. The Labute approximate surface area is 139 Å². The molecule has 2 nitrogen and oxygen atoms in total. The van der Waals surface area contributed by atoms with E-state index in [0.29, 0.717) is 21.4 Å². The zero-order valence-electron chi connectivity index (χ0n) is 10.2. The van der Waals surface area contributed by atoms with Gasteiger partial charge < -0.3 is 5.32 Å². The molecule has 20 heavy (non-hydrogen) atoms.